The van der Waals surface area contributed by atoms with Crippen molar-refractivity contribution < 1.29 is 14.3 Å². The average molecular weight is 395 g/mol. The van der Waals surface area contributed by atoms with Crippen molar-refractivity contribution in [1.29, 1.82) is 0 Å². The van der Waals surface area contributed by atoms with Gasteiger partial charge in [-0.05, 0) is 17.7 Å². The summed E-state index contributed by atoms with van der Waals surface area (Å²) < 4.78 is 5.25. The van der Waals surface area contributed by atoms with Crippen LogP contribution in [0.15, 0.2) is 65.5 Å². The number of benzene rings is 2. The Hall–Kier alpha value is -3.19. The first-order valence-electron chi connectivity index (χ1n) is 8.80. The second-order valence-corrected chi connectivity index (χ2v) is 6.83. The van der Waals surface area contributed by atoms with Gasteiger partial charge in [-0.15, -0.1) is 11.3 Å². The van der Waals surface area contributed by atoms with Gasteiger partial charge in [-0.1, -0.05) is 42.5 Å². The molecule has 0 saturated heterocycles. The van der Waals surface area contributed by atoms with Crippen molar-refractivity contribution >= 4 is 23.2 Å². The predicted octanol–water partition coefficient (Wildman–Crippen LogP) is 2.81. The van der Waals surface area contributed by atoms with E-state index in [9.17, 15) is 9.59 Å². The van der Waals surface area contributed by atoms with Gasteiger partial charge < -0.3 is 15.4 Å². The predicted molar refractivity (Wildman–Crippen MR) is 108 cm³/mol. The van der Waals surface area contributed by atoms with E-state index in [1.54, 1.807) is 29.8 Å². The highest BCUT2D eigenvalue weighted by Crippen LogP contribution is 2.17. The first-order valence-corrected chi connectivity index (χ1v) is 9.74. The highest BCUT2D eigenvalue weighted by Gasteiger charge is 2.23. The summed E-state index contributed by atoms with van der Waals surface area (Å²) in [6, 6.07) is 15.8. The highest BCUT2D eigenvalue weighted by molar-refractivity contribution is 7.07. The average Bonchev–Trinajstić information content (AvgIpc) is 3.26. The summed E-state index contributed by atoms with van der Waals surface area (Å²) >= 11 is 1.47. The summed E-state index contributed by atoms with van der Waals surface area (Å²) in [6.07, 6.45) is 0.380. The molecule has 2 N–H and O–H groups in total. The largest absolute Gasteiger partial charge is 0.496 e. The zero-order valence-corrected chi connectivity index (χ0v) is 16.2. The van der Waals surface area contributed by atoms with Crippen LogP contribution >= 0.6 is 11.3 Å². The molecule has 0 saturated carbocycles. The van der Waals surface area contributed by atoms with Crippen LogP contribution in [-0.2, 0) is 17.8 Å². The van der Waals surface area contributed by atoms with Gasteiger partial charge in [-0.3, -0.25) is 9.59 Å². The number of rotatable bonds is 8. The molecule has 144 valence electrons. The molecular formula is C21H21N3O3S. The van der Waals surface area contributed by atoms with E-state index >= 15 is 0 Å². The number of ether oxygens (including phenoxy) is 1. The molecule has 0 fully saturated rings. The lowest BCUT2D eigenvalue weighted by Gasteiger charge is -2.19. The van der Waals surface area contributed by atoms with E-state index in [-0.39, 0.29) is 11.8 Å². The van der Waals surface area contributed by atoms with Crippen LogP contribution in [0.1, 0.15) is 21.6 Å². The fraction of sp³-hybridized carbons (Fsp3) is 0.190. The van der Waals surface area contributed by atoms with Crippen LogP contribution in [0.5, 0.6) is 5.75 Å². The van der Waals surface area contributed by atoms with E-state index < -0.39 is 6.04 Å². The van der Waals surface area contributed by atoms with Crippen LogP contribution in [0.2, 0.25) is 0 Å². The molecule has 7 heteroatoms. The maximum Gasteiger partial charge on any atom is 0.255 e. The number of nitrogens with zero attached hydrogens (tertiary/aromatic N) is 1. The molecule has 6 nitrogen and oxygen atoms in total. The molecule has 3 aromatic rings. The number of carbonyl (C=O) groups excluding carboxylic acids is 2. The summed E-state index contributed by atoms with van der Waals surface area (Å²) in [5.74, 6) is -0.163. The quantitative estimate of drug-likeness (QED) is 0.615. The normalized spacial score (nSPS) is 11.5. The summed E-state index contributed by atoms with van der Waals surface area (Å²) in [6.45, 7) is 0.318. The maximum atomic E-state index is 12.8. The number of aromatic nitrogens is 1. The van der Waals surface area contributed by atoms with Crippen LogP contribution in [0.3, 0.4) is 0 Å². The first-order chi connectivity index (χ1) is 13.7. The lowest BCUT2D eigenvalue weighted by Crippen LogP contribution is -2.47. The zero-order valence-electron chi connectivity index (χ0n) is 15.4. The second kappa shape index (κ2) is 9.66. The molecule has 0 aliphatic heterocycles. The number of amides is 2. The number of carbonyl (C=O) groups is 2. The first kappa shape index (κ1) is 19.6. The molecule has 28 heavy (non-hydrogen) atoms. The van der Waals surface area contributed by atoms with Gasteiger partial charge in [-0.2, -0.15) is 0 Å². The summed E-state index contributed by atoms with van der Waals surface area (Å²) in [7, 11) is 1.51. The smallest absolute Gasteiger partial charge is 0.255 e. The molecule has 1 atom stereocenters. The molecule has 3 rings (SSSR count). The van der Waals surface area contributed by atoms with Gasteiger partial charge in [0, 0.05) is 11.8 Å². The minimum Gasteiger partial charge on any atom is -0.496 e. The molecule has 0 unspecified atom stereocenters. The third-order valence-corrected chi connectivity index (χ3v) is 4.82. The van der Waals surface area contributed by atoms with Crippen LogP contribution in [-0.4, -0.2) is 29.9 Å². The van der Waals surface area contributed by atoms with Gasteiger partial charge in [0.15, 0.2) is 0 Å². The molecule has 1 aromatic heterocycles. The van der Waals surface area contributed by atoms with Gasteiger partial charge >= 0.3 is 0 Å². The van der Waals surface area contributed by atoms with Crippen LogP contribution in [0.4, 0.5) is 0 Å². The van der Waals surface area contributed by atoms with Crippen molar-refractivity contribution in [2.24, 2.45) is 0 Å². The fourth-order valence-electron chi connectivity index (χ4n) is 2.75. The Morgan fingerprint density at radius 2 is 1.86 bits per heavy atom. The van der Waals surface area contributed by atoms with Crippen molar-refractivity contribution in [2.75, 3.05) is 7.11 Å². The van der Waals surface area contributed by atoms with E-state index in [0.29, 0.717) is 24.3 Å². The van der Waals surface area contributed by atoms with Gasteiger partial charge in [0.1, 0.15) is 11.8 Å². The summed E-state index contributed by atoms with van der Waals surface area (Å²) in [4.78, 5) is 29.7. The van der Waals surface area contributed by atoms with E-state index in [1.807, 2.05) is 35.7 Å². The van der Waals surface area contributed by atoms with E-state index in [2.05, 4.69) is 15.6 Å². The Balaban J connectivity index is 1.74. The molecule has 2 aromatic carbocycles. The van der Waals surface area contributed by atoms with Crippen molar-refractivity contribution in [3.63, 3.8) is 0 Å². The number of nitrogens with one attached hydrogen (secondary N) is 2. The number of hydrogen-bond acceptors (Lipinski definition) is 5. The SMILES string of the molecule is COc1ccccc1C(=O)N[C@H](Cc1ccccc1)C(=O)NCc1cscn1. The minimum atomic E-state index is -0.724. The van der Waals surface area contributed by atoms with E-state index in [4.69, 9.17) is 4.74 Å². The van der Waals surface area contributed by atoms with Crippen LogP contribution in [0.25, 0.3) is 0 Å². The van der Waals surface area contributed by atoms with E-state index in [1.165, 1.54) is 18.4 Å². The van der Waals surface area contributed by atoms with Crippen molar-refractivity contribution in [3.8, 4) is 5.75 Å². The Kier molecular flexibility index (Phi) is 6.75. The zero-order chi connectivity index (χ0) is 19.8. The molecule has 0 aliphatic rings. The van der Waals surface area contributed by atoms with Gasteiger partial charge in [0.05, 0.1) is 30.4 Å². The number of para-hydroxylation sites is 1. The Labute approximate surface area is 167 Å². The number of methoxy groups -OCH3 is 1. The summed E-state index contributed by atoms with van der Waals surface area (Å²) in [5.41, 5.74) is 3.84. The van der Waals surface area contributed by atoms with Crippen LogP contribution < -0.4 is 15.4 Å². The Morgan fingerprint density at radius 3 is 2.57 bits per heavy atom. The van der Waals surface area contributed by atoms with Crippen LogP contribution in [0, 0.1) is 0 Å². The topological polar surface area (TPSA) is 80.3 Å². The minimum absolute atomic E-state index is 0.264. The second-order valence-electron chi connectivity index (χ2n) is 6.11. The number of hydrogen-bond donors (Lipinski definition) is 2. The lowest BCUT2D eigenvalue weighted by atomic mass is 10.0. The fourth-order valence-corrected chi connectivity index (χ4v) is 3.31. The molecule has 1 heterocycles. The Bertz CT molecular complexity index is 914. The Morgan fingerprint density at radius 1 is 1.11 bits per heavy atom. The van der Waals surface area contributed by atoms with Gasteiger partial charge in [-0.25, -0.2) is 4.98 Å². The van der Waals surface area contributed by atoms with E-state index in [0.717, 1.165) is 11.3 Å². The maximum absolute atomic E-state index is 12.8. The highest BCUT2D eigenvalue weighted by atomic mass is 32.1. The van der Waals surface area contributed by atoms with Gasteiger partial charge in [0.25, 0.3) is 5.91 Å². The standard InChI is InChI=1S/C21H21N3O3S/c1-27-19-10-6-5-9-17(19)20(25)24-18(11-15-7-3-2-4-8-15)21(26)22-12-16-13-28-14-23-16/h2-10,13-14,18H,11-12H2,1H3,(H,22,26)(H,24,25)/t18-/m1/s1. The van der Waals surface area contributed by atoms with Crippen molar-refractivity contribution in [2.45, 2.75) is 19.0 Å². The molecular weight excluding hydrogens is 374 g/mol. The third kappa shape index (κ3) is 5.17. The molecule has 0 aliphatic carbocycles. The monoisotopic (exact) mass is 395 g/mol. The number of thiazole rings is 1. The molecule has 0 bridgehead atoms. The molecule has 0 spiro atoms. The van der Waals surface area contributed by atoms with Gasteiger partial charge in [0.2, 0.25) is 5.91 Å². The molecule has 0 radical (unpaired) electrons. The third-order valence-electron chi connectivity index (χ3n) is 4.18. The van der Waals surface area contributed by atoms with Crippen molar-refractivity contribution in [1.82, 2.24) is 15.6 Å². The summed E-state index contributed by atoms with van der Waals surface area (Å²) in [5, 5.41) is 7.56. The lowest BCUT2D eigenvalue weighted by molar-refractivity contribution is -0.123. The molecule has 2 amide bonds. The van der Waals surface area contributed by atoms with Crippen molar-refractivity contribution in [3.05, 3.63) is 82.3 Å².